The van der Waals surface area contributed by atoms with Crippen molar-refractivity contribution in [1.29, 1.82) is 0 Å². The number of thioether (sulfide) groups is 1. The third-order valence-electron chi connectivity index (χ3n) is 5.34. The first-order valence-electron chi connectivity index (χ1n) is 11.4. The Morgan fingerprint density at radius 2 is 1.43 bits per heavy atom. The van der Waals surface area contributed by atoms with E-state index in [1.54, 1.807) is 6.26 Å². The van der Waals surface area contributed by atoms with E-state index >= 15 is 0 Å². The number of hydrogen-bond acceptors (Lipinski definition) is 9. The molecule has 1 aromatic rings. The molecule has 0 aliphatic carbocycles. The van der Waals surface area contributed by atoms with Crippen molar-refractivity contribution in [3.8, 4) is 5.75 Å². The summed E-state index contributed by atoms with van der Waals surface area (Å²) in [5.74, 6) is -4.63. The number of benzene rings is 1. The van der Waals surface area contributed by atoms with Gasteiger partial charge in [0.15, 0.2) is 0 Å². The van der Waals surface area contributed by atoms with Gasteiger partial charge >= 0.3 is 11.9 Å². The van der Waals surface area contributed by atoms with Crippen LogP contribution in [0.5, 0.6) is 5.75 Å². The van der Waals surface area contributed by atoms with Crippen molar-refractivity contribution in [3.05, 3.63) is 29.8 Å². The van der Waals surface area contributed by atoms with Crippen LogP contribution in [0.1, 0.15) is 31.7 Å². The van der Waals surface area contributed by atoms with Crippen LogP contribution in [0, 0.1) is 0 Å². The molecule has 3 amide bonds. The van der Waals surface area contributed by atoms with Crippen molar-refractivity contribution < 1.29 is 44.4 Å². The molecule has 0 heterocycles. The van der Waals surface area contributed by atoms with Crippen LogP contribution < -0.4 is 21.7 Å². The maximum absolute atomic E-state index is 13.1. The first kappa shape index (κ1) is 31.7. The average Bonchev–Trinajstić information content (AvgIpc) is 2.83. The molecule has 206 valence electrons. The van der Waals surface area contributed by atoms with Gasteiger partial charge in [-0.2, -0.15) is 11.8 Å². The van der Waals surface area contributed by atoms with Crippen LogP contribution >= 0.6 is 11.8 Å². The molecule has 0 radical (unpaired) electrons. The number of nitrogens with one attached hydrogen (secondary N) is 3. The van der Waals surface area contributed by atoms with Gasteiger partial charge < -0.3 is 42.1 Å². The number of phenols is 1. The van der Waals surface area contributed by atoms with E-state index in [1.807, 2.05) is 0 Å². The first-order chi connectivity index (χ1) is 17.3. The molecule has 0 aliphatic heterocycles. The second-order valence-electron chi connectivity index (χ2n) is 8.37. The van der Waals surface area contributed by atoms with E-state index in [9.17, 15) is 39.3 Å². The summed E-state index contributed by atoms with van der Waals surface area (Å²) in [5, 5.41) is 44.6. The van der Waals surface area contributed by atoms with E-state index in [1.165, 1.54) is 43.0 Å². The highest BCUT2D eigenvalue weighted by molar-refractivity contribution is 7.98. The molecule has 5 unspecified atom stereocenters. The molecule has 0 saturated carbocycles. The Bertz CT molecular complexity index is 943. The number of rotatable bonds is 16. The Hall–Kier alpha value is -3.36. The lowest BCUT2D eigenvalue weighted by Crippen LogP contribution is -2.58. The lowest BCUT2D eigenvalue weighted by atomic mass is 10.0. The van der Waals surface area contributed by atoms with Gasteiger partial charge in [0.2, 0.25) is 17.7 Å². The van der Waals surface area contributed by atoms with Crippen molar-refractivity contribution in [3.63, 3.8) is 0 Å². The number of aromatic hydroxyl groups is 1. The number of aliphatic hydroxyl groups is 1. The number of phenolic OH excluding ortho intramolecular Hbond substituents is 1. The van der Waals surface area contributed by atoms with Gasteiger partial charge in [-0.1, -0.05) is 12.1 Å². The molecule has 9 N–H and O–H groups in total. The molecule has 14 heteroatoms. The number of nitrogens with two attached hydrogens (primary N) is 1. The maximum Gasteiger partial charge on any atom is 0.326 e. The van der Waals surface area contributed by atoms with E-state index in [2.05, 4.69) is 16.0 Å². The van der Waals surface area contributed by atoms with Crippen molar-refractivity contribution in [2.75, 3.05) is 12.0 Å². The fourth-order valence-corrected chi connectivity index (χ4v) is 3.61. The minimum absolute atomic E-state index is 0.0253. The number of aliphatic hydroxyl groups excluding tert-OH is 1. The largest absolute Gasteiger partial charge is 0.508 e. The van der Waals surface area contributed by atoms with Crippen molar-refractivity contribution in [1.82, 2.24) is 16.0 Å². The maximum atomic E-state index is 13.1. The molecule has 13 nitrogen and oxygen atoms in total. The molecule has 0 bridgehead atoms. The summed E-state index contributed by atoms with van der Waals surface area (Å²) in [7, 11) is 0. The van der Waals surface area contributed by atoms with Gasteiger partial charge in [-0.25, -0.2) is 4.79 Å². The first-order valence-corrected chi connectivity index (χ1v) is 12.8. The Morgan fingerprint density at radius 3 is 1.95 bits per heavy atom. The molecule has 1 aromatic carbocycles. The highest BCUT2D eigenvalue weighted by atomic mass is 32.2. The third kappa shape index (κ3) is 11.5. The van der Waals surface area contributed by atoms with Gasteiger partial charge in [0.25, 0.3) is 0 Å². The molecule has 0 saturated heterocycles. The molecule has 0 aliphatic rings. The van der Waals surface area contributed by atoms with E-state index in [0.29, 0.717) is 11.3 Å². The Balaban J connectivity index is 3.15. The van der Waals surface area contributed by atoms with Crippen LogP contribution in [0.4, 0.5) is 0 Å². The third-order valence-corrected chi connectivity index (χ3v) is 5.98. The smallest absolute Gasteiger partial charge is 0.326 e. The van der Waals surface area contributed by atoms with E-state index < -0.39 is 66.4 Å². The molecule has 0 spiro atoms. The van der Waals surface area contributed by atoms with Crippen LogP contribution in [0.2, 0.25) is 0 Å². The summed E-state index contributed by atoms with van der Waals surface area (Å²) < 4.78 is 0. The second kappa shape index (κ2) is 15.7. The minimum Gasteiger partial charge on any atom is -0.508 e. The fraction of sp³-hybridized carbons (Fsp3) is 0.522. The lowest BCUT2D eigenvalue weighted by Gasteiger charge is -2.25. The van der Waals surface area contributed by atoms with Crippen molar-refractivity contribution >= 4 is 41.4 Å². The number of carboxylic acids is 2. The predicted octanol–water partition coefficient (Wildman–Crippen LogP) is -1.20. The second-order valence-corrected chi connectivity index (χ2v) is 9.36. The molecule has 37 heavy (non-hydrogen) atoms. The van der Waals surface area contributed by atoms with Crippen LogP contribution in [0.25, 0.3) is 0 Å². The molecule has 1 rings (SSSR count). The molecule has 0 aromatic heterocycles. The SMILES string of the molecule is CSCCC(NC(=O)C(N)C(C)O)C(=O)NC(Cc1ccc(O)cc1)C(=O)NC(CCC(=O)O)C(=O)O. The van der Waals surface area contributed by atoms with Crippen molar-refractivity contribution in [2.45, 2.75) is 62.9 Å². The van der Waals surface area contributed by atoms with Gasteiger partial charge in [-0.3, -0.25) is 19.2 Å². The summed E-state index contributed by atoms with van der Waals surface area (Å²) in [5.41, 5.74) is 6.18. The predicted molar refractivity (Wildman–Crippen MR) is 135 cm³/mol. The van der Waals surface area contributed by atoms with Crippen LogP contribution in [0.3, 0.4) is 0 Å². The van der Waals surface area contributed by atoms with Gasteiger partial charge in [0.05, 0.1) is 6.10 Å². The highest BCUT2D eigenvalue weighted by Crippen LogP contribution is 2.12. The average molecular weight is 543 g/mol. The molecular weight excluding hydrogens is 508 g/mol. The number of carbonyl (C=O) groups is 5. The summed E-state index contributed by atoms with van der Waals surface area (Å²) in [6, 6.07) is 0.552. The molecule has 0 fully saturated rings. The zero-order chi connectivity index (χ0) is 28.1. The number of amides is 3. The molecule has 5 atom stereocenters. The van der Waals surface area contributed by atoms with E-state index in [0.717, 1.165) is 0 Å². The van der Waals surface area contributed by atoms with Crippen LogP contribution in [0.15, 0.2) is 24.3 Å². The fourth-order valence-electron chi connectivity index (χ4n) is 3.14. The Kier molecular flexibility index (Phi) is 13.4. The Labute approximate surface area is 218 Å². The number of hydrogen-bond donors (Lipinski definition) is 8. The summed E-state index contributed by atoms with van der Waals surface area (Å²) in [4.78, 5) is 60.9. The Morgan fingerprint density at radius 1 is 0.892 bits per heavy atom. The lowest BCUT2D eigenvalue weighted by molar-refractivity contribution is -0.143. The number of carboxylic acid groups (broad SMARTS) is 2. The molecular formula is C23H34N4O9S. The zero-order valence-electron chi connectivity index (χ0n) is 20.5. The van der Waals surface area contributed by atoms with Gasteiger partial charge in [-0.05, 0) is 49.5 Å². The van der Waals surface area contributed by atoms with E-state index in [-0.39, 0.29) is 25.0 Å². The summed E-state index contributed by atoms with van der Waals surface area (Å²) in [6.07, 6.45) is -0.175. The summed E-state index contributed by atoms with van der Waals surface area (Å²) >= 11 is 1.41. The zero-order valence-corrected chi connectivity index (χ0v) is 21.4. The van der Waals surface area contributed by atoms with Gasteiger partial charge in [0.1, 0.15) is 29.9 Å². The van der Waals surface area contributed by atoms with Crippen molar-refractivity contribution in [2.24, 2.45) is 5.73 Å². The van der Waals surface area contributed by atoms with Crippen LogP contribution in [-0.4, -0.2) is 92.4 Å². The van der Waals surface area contributed by atoms with Gasteiger partial charge in [0, 0.05) is 12.8 Å². The summed E-state index contributed by atoms with van der Waals surface area (Å²) in [6.45, 7) is 1.32. The number of carbonyl (C=O) groups excluding carboxylic acids is 3. The number of aliphatic carboxylic acids is 2. The monoisotopic (exact) mass is 542 g/mol. The quantitative estimate of drug-likeness (QED) is 0.124. The standard InChI is InChI=1S/C23H34N4O9S/c1-12(28)19(24)22(34)25-15(9-10-37-2)20(32)27-17(11-13-3-5-14(29)6-4-13)21(33)26-16(23(35)36)7-8-18(30)31/h3-6,12,15-17,19,28-29H,7-11,24H2,1-2H3,(H,25,34)(H,26,33)(H,27,32)(H,30,31)(H,35,36). The van der Waals surface area contributed by atoms with Gasteiger partial charge in [-0.15, -0.1) is 0 Å². The van der Waals surface area contributed by atoms with Crippen LogP contribution in [-0.2, 0) is 30.4 Å². The highest BCUT2D eigenvalue weighted by Gasteiger charge is 2.31. The minimum atomic E-state index is -1.51. The van der Waals surface area contributed by atoms with E-state index in [4.69, 9.17) is 10.8 Å². The topological polar surface area (TPSA) is 228 Å². The normalized spacial score (nSPS) is 14.9.